The molecule has 9 heteroatoms. The van der Waals surface area contributed by atoms with Crippen LogP contribution in [0.5, 0.6) is 0 Å². The normalized spacial score (nSPS) is 10.2. The zero-order valence-corrected chi connectivity index (χ0v) is 11.9. The first-order valence-electron chi connectivity index (χ1n) is 5.55. The first kappa shape index (κ1) is 14.9. The molecule has 21 heavy (non-hydrogen) atoms. The van der Waals surface area contributed by atoms with E-state index in [1.165, 1.54) is 12.1 Å². The minimum absolute atomic E-state index is 0.0345. The van der Waals surface area contributed by atoms with Crippen molar-refractivity contribution in [2.24, 2.45) is 0 Å². The maximum absolute atomic E-state index is 13.4. The maximum Gasteiger partial charge on any atom is 0.300 e. The SMILES string of the molecule is Nc1cc(C(=O)Nc2ccc(Br)c(F)c2)c([N+](=O)[O-])cn1. The molecule has 0 spiro atoms. The second-order valence-electron chi connectivity index (χ2n) is 3.97. The fourth-order valence-electron chi connectivity index (χ4n) is 1.56. The van der Waals surface area contributed by atoms with Crippen molar-refractivity contribution < 1.29 is 14.1 Å². The van der Waals surface area contributed by atoms with Crippen molar-refractivity contribution in [3.8, 4) is 0 Å². The van der Waals surface area contributed by atoms with Crippen LogP contribution in [-0.2, 0) is 0 Å². The summed E-state index contributed by atoms with van der Waals surface area (Å²) >= 11 is 2.98. The van der Waals surface area contributed by atoms with Crippen LogP contribution in [0.25, 0.3) is 0 Å². The number of halogens is 2. The van der Waals surface area contributed by atoms with Gasteiger partial charge in [-0.15, -0.1) is 0 Å². The van der Waals surface area contributed by atoms with Crippen LogP contribution in [0.15, 0.2) is 34.9 Å². The van der Waals surface area contributed by atoms with E-state index in [2.05, 4.69) is 26.2 Å². The number of carbonyl (C=O) groups is 1. The molecule has 0 saturated carbocycles. The van der Waals surface area contributed by atoms with E-state index >= 15 is 0 Å². The van der Waals surface area contributed by atoms with Gasteiger partial charge < -0.3 is 11.1 Å². The van der Waals surface area contributed by atoms with Crippen molar-refractivity contribution >= 4 is 39.0 Å². The molecule has 0 saturated heterocycles. The van der Waals surface area contributed by atoms with E-state index in [1.807, 2.05) is 0 Å². The van der Waals surface area contributed by atoms with Gasteiger partial charge in [0.25, 0.3) is 11.6 Å². The predicted molar refractivity (Wildman–Crippen MR) is 77.4 cm³/mol. The Bertz CT molecular complexity index is 738. The first-order chi connectivity index (χ1) is 9.88. The number of anilines is 2. The molecule has 2 rings (SSSR count). The Hall–Kier alpha value is -2.55. The number of amides is 1. The predicted octanol–water partition coefficient (Wildman–Crippen LogP) is 2.73. The van der Waals surface area contributed by atoms with Crippen molar-refractivity contribution in [3.05, 3.63) is 56.4 Å². The summed E-state index contributed by atoms with van der Waals surface area (Å²) in [7, 11) is 0. The average Bonchev–Trinajstić information content (AvgIpc) is 2.42. The highest BCUT2D eigenvalue weighted by atomic mass is 79.9. The van der Waals surface area contributed by atoms with Gasteiger partial charge in [-0.25, -0.2) is 9.37 Å². The van der Waals surface area contributed by atoms with Crippen LogP contribution in [0.3, 0.4) is 0 Å². The van der Waals surface area contributed by atoms with Crippen LogP contribution in [0.1, 0.15) is 10.4 Å². The van der Waals surface area contributed by atoms with Crippen LogP contribution >= 0.6 is 15.9 Å². The Morgan fingerprint density at radius 2 is 2.14 bits per heavy atom. The van der Waals surface area contributed by atoms with E-state index in [0.29, 0.717) is 0 Å². The summed E-state index contributed by atoms with van der Waals surface area (Å²) in [6.07, 6.45) is 0.895. The molecule has 0 bridgehead atoms. The average molecular weight is 355 g/mol. The maximum atomic E-state index is 13.4. The summed E-state index contributed by atoms with van der Waals surface area (Å²) in [6, 6.07) is 5.02. The molecule has 0 aliphatic heterocycles. The number of hydrogen-bond donors (Lipinski definition) is 2. The zero-order valence-electron chi connectivity index (χ0n) is 10.3. The fraction of sp³-hybridized carbons (Fsp3) is 0. The molecule has 0 radical (unpaired) electrons. The van der Waals surface area contributed by atoms with Gasteiger partial charge >= 0.3 is 0 Å². The van der Waals surface area contributed by atoms with Gasteiger partial charge in [-0.1, -0.05) is 0 Å². The van der Waals surface area contributed by atoms with Crippen LogP contribution in [0, 0.1) is 15.9 Å². The summed E-state index contributed by atoms with van der Waals surface area (Å²) in [4.78, 5) is 25.7. The highest BCUT2D eigenvalue weighted by Crippen LogP contribution is 2.23. The molecule has 108 valence electrons. The summed E-state index contributed by atoms with van der Waals surface area (Å²) in [5, 5.41) is 13.2. The molecule has 0 unspecified atom stereocenters. The smallest absolute Gasteiger partial charge is 0.300 e. The number of pyridine rings is 1. The molecular weight excluding hydrogens is 347 g/mol. The number of nitrogens with two attached hydrogens (primary N) is 1. The van der Waals surface area contributed by atoms with Gasteiger partial charge in [-0.3, -0.25) is 14.9 Å². The highest BCUT2D eigenvalue weighted by molar-refractivity contribution is 9.10. The largest absolute Gasteiger partial charge is 0.384 e. The van der Waals surface area contributed by atoms with E-state index in [9.17, 15) is 19.3 Å². The van der Waals surface area contributed by atoms with Gasteiger partial charge in [0.15, 0.2) is 0 Å². The van der Waals surface area contributed by atoms with Crippen LogP contribution in [0.4, 0.5) is 21.6 Å². The van der Waals surface area contributed by atoms with Crippen molar-refractivity contribution in [2.75, 3.05) is 11.1 Å². The number of nitro groups is 1. The van der Waals surface area contributed by atoms with Crippen molar-refractivity contribution in [1.82, 2.24) is 4.98 Å². The fourth-order valence-corrected chi connectivity index (χ4v) is 1.81. The van der Waals surface area contributed by atoms with Gasteiger partial charge in [0.2, 0.25) is 0 Å². The third-order valence-corrected chi connectivity index (χ3v) is 3.17. The van der Waals surface area contributed by atoms with Gasteiger partial charge in [0, 0.05) is 5.69 Å². The number of nitrogens with one attached hydrogen (secondary N) is 1. The van der Waals surface area contributed by atoms with Crippen molar-refractivity contribution in [3.63, 3.8) is 0 Å². The van der Waals surface area contributed by atoms with Crippen molar-refractivity contribution in [2.45, 2.75) is 0 Å². The second kappa shape index (κ2) is 5.83. The third kappa shape index (κ3) is 3.31. The lowest BCUT2D eigenvalue weighted by atomic mass is 10.2. The Labute approximate surface area is 126 Å². The Kier molecular flexibility index (Phi) is 4.13. The monoisotopic (exact) mass is 354 g/mol. The van der Waals surface area contributed by atoms with Gasteiger partial charge in [0.1, 0.15) is 23.4 Å². The van der Waals surface area contributed by atoms with E-state index in [1.54, 1.807) is 0 Å². The molecular formula is C12H8BrFN4O3. The lowest BCUT2D eigenvalue weighted by molar-refractivity contribution is -0.385. The molecule has 2 aromatic rings. The molecule has 0 atom stereocenters. The van der Waals surface area contributed by atoms with E-state index in [-0.39, 0.29) is 21.5 Å². The summed E-state index contributed by atoms with van der Waals surface area (Å²) in [5.74, 6) is -1.39. The highest BCUT2D eigenvalue weighted by Gasteiger charge is 2.21. The lowest BCUT2D eigenvalue weighted by Gasteiger charge is -2.07. The quantitative estimate of drug-likeness (QED) is 0.650. The number of benzene rings is 1. The summed E-state index contributed by atoms with van der Waals surface area (Å²) in [5.41, 5.74) is 4.84. The molecule has 1 aromatic heterocycles. The molecule has 1 aromatic carbocycles. The van der Waals surface area contributed by atoms with Gasteiger partial charge in [0.05, 0.1) is 9.40 Å². The zero-order chi connectivity index (χ0) is 15.6. The Morgan fingerprint density at radius 1 is 1.43 bits per heavy atom. The standard InChI is InChI=1S/C12H8BrFN4O3/c13-8-2-1-6(3-9(8)14)17-12(19)7-4-11(15)16-5-10(7)18(20)21/h1-5H,(H2,15,16)(H,17,19). The topological polar surface area (TPSA) is 111 Å². The Balaban J connectivity index is 2.34. The molecule has 0 aliphatic rings. The molecule has 0 aliphatic carbocycles. The summed E-state index contributed by atoms with van der Waals surface area (Å²) in [6.45, 7) is 0. The van der Waals surface area contributed by atoms with Crippen molar-refractivity contribution in [1.29, 1.82) is 0 Å². The first-order valence-corrected chi connectivity index (χ1v) is 6.34. The minimum Gasteiger partial charge on any atom is -0.384 e. The number of nitrogens with zero attached hydrogens (tertiary/aromatic N) is 2. The van der Waals surface area contributed by atoms with E-state index in [4.69, 9.17) is 5.73 Å². The minimum atomic E-state index is -0.780. The third-order valence-electron chi connectivity index (χ3n) is 2.52. The number of carbonyl (C=O) groups excluding carboxylic acids is 1. The molecule has 0 fully saturated rings. The lowest BCUT2D eigenvalue weighted by Crippen LogP contribution is -2.15. The Morgan fingerprint density at radius 3 is 2.76 bits per heavy atom. The second-order valence-corrected chi connectivity index (χ2v) is 4.82. The molecule has 1 heterocycles. The number of hydrogen-bond acceptors (Lipinski definition) is 5. The number of aromatic nitrogens is 1. The van der Waals surface area contributed by atoms with Crippen LogP contribution < -0.4 is 11.1 Å². The molecule has 7 nitrogen and oxygen atoms in total. The van der Waals surface area contributed by atoms with E-state index < -0.39 is 22.3 Å². The van der Waals surface area contributed by atoms with Gasteiger partial charge in [-0.2, -0.15) is 0 Å². The molecule has 3 N–H and O–H groups in total. The number of rotatable bonds is 3. The van der Waals surface area contributed by atoms with Gasteiger partial charge in [-0.05, 0) is 40.2 Å². The molecule has 1 amide bonds. The van der Waals surface area contributed by atoms with E-state index in [0.717, 1.165) is 18.3 Å². The van der Waals surface area contributed by atoms with Crippen LogP contribution in [-0.4, -0.2) is 15.8 Å². The number of nitrogen functional groups attached to an aromatic ring is 1. The van der Waals surface area contributed by atoms with Crippen LogP contribution in [0.2, 0.25) is 0 Å². The summed E-state index contributed by atoms with van der Waals surface area (Å²) < 4.78 is 13.6.